The highest BCUT2D eigenvalue weighted by Crippen LogP contribution is 2.18. The van der Waals surface area contributed by atoms with E-state index in [2.05, 4.69) is 10.1 Å². The molecule has 1 saturated heterocycles. The van der Waals surface area contributed by atoms with Crippen molar-refractivity contribution in [2.75, 3.05) is 19.8 Å². The molecule has 2 rings (SSSR count). The van der Waals surface area contributed by atoms with Gasteiger partial charge < -0.3 is 19.9 Å². The van der Waals surface area contributed by atoms with E-state index in [0.717, 1.165) is 0 Å². The number of carbonyl (C=O) groups excluding carboxylic acids is 1. The van der Waals surface area contributed by atoms with Gasteiger partial charge in [-0.2, -0.15) is 8.78 Å². The number of hydrogen-bond donors (Lipinski definition) is 2. The van der Waals surface area contributed by atoms with Crippen molar-refractivity contribution in [3.05, 3.63) is 29.8 Å². The van der Waals surface area contributed by atoms with Gasteiger partial charge in [-0.1, -0.05) is 6.07 Å². The molecule has 1 atom stereocenters. The number of nitrogens with one attached hydrogen (secondary N) is 1. The molecule has 1 aromatic rings. The summed E-state index contributed by atoms with van der Waals surface area (Å²) in [5.41, 5.74) is -0.877. The van der Waals surface area contributed by atoms with Crippen LogP contribution in [-0.2, 0) is 4.74 Å². The molecule has 1 unspecified atom stereocenters. The number of aliphatic hydroxyl groups is 1. The van der Waals surface area contributed by atoms with Gasteiger partial charge in [-0.25, -0.2) is 0 Å². The Morgan fingerprint density at radius 3 is 3.00 bits per heavy atom. The van der Waals surface area contributed by atoms with Crippen molar-refractivity contribution in [1.82, 2.24) is 5.32 Å². The lowest BCUT2D eigenvalue weighted by atomic mass is 10.0. The molecule has 5 nitrogen and oxygen atoms in total. The van der Waals surface area contributed by atoms with Gasteiger partial charge in [-0.3, -0.25) is 4.79 Å². The highest BCUT2D eigenvalue weighted by molar-refractivity contribution is 5.94. The second-order valence-electron chi connectivity index (χ2n) is 4.62. The summed E-state index contributed by atoms with van der Waals surface area (Å²) < 4.78 is 33.4. The molecule has 1 aromatic carbocycles. The van der Waals surface area contributed by atoms with E-state index in [0.29, 0.717) is 13.0 Å². The summed E-state index contributed by atoms with van der Waals surface area (Å²) in [5, 5.41) is 12.5. The van der Waals surface area contributed by atoms with E-state index in [1.54, 1.807) is 0 Å². The van der Waals surface area contributed by atoms with Gasteiger partial charge in [0.15, 0.2) is 0 Å². The average molecular weight is 287 g/mol. The number of rotatable bonds is 5. The molecular weight excluding hydrogens is 272 g/mol. The van der Waals surface area contributed by atoms with E-state index in [-0.39, 0.29) is 24.5 Å². The second-order valence-corrected chi connectivity index (χ2v) is 4.62. The van der Waals surface area contributed by atoms with Gasteiger partial charge in [0.2, 0.25) is 0 Å². The van der Waals surface area contributed by atoms with Gasteiger partial charge in [0.25, 0.3) is 5.91 Å². The molecule has 0 saturated carbocycles. The molecule has 2 N–H and O–H groups in total. The molecule has 1 aliphatic heterocycles. The summed E-state index contributed by atoms with van der Waals surface area (Å²) in [5.74, 6) is -0.555. The van der Waals surface area contributed by atoms with Crippen LogP contribution in [0.5, 0.6) is 5.75 Å². The van der Waals surface area contributed by atoms with Gasteiger partial charge in [-0.15, -0.1) is 0 Å². The fourth-order valence-electron chi connectivity index (χ4n) is 1.90. The first-order chi connectivity index (χ1) is 9.48. The minimum absolute atomic E-state index is 0.0474. The fourth-order valence-corrected chi connectivity index (χ4v) is 1.90. The lowest BCUT2D eigenvalue weighted by Crippen LogP contribution is -2.43. The maximum Gasteiger partial charge on any atom is 0.387 e. The van der Waals surface area contributed by atoms with Crippen molar-refractivity contribution >= 4 is 5.91 Å². The summed E-state index contributed by atoms with van der Waals surface area (Å²) >= 11 is 0. The Kier molecular flexibility index (Phi) is 4.51. The molecule has 1 amide bonds. The standard InChI is InChI=1S/C13H15F2NO4/c14-12(15)20-10-3-1-2-9(6-10)11(17)16-7-13(18)4-5-19-8-13/h1-3,6,12,18H,4-5,7-8H2,(H,16,17). The lowest BCUT2D eigenvalue weighted by Gasteiger charge is -2.20. The summed E-state index contributed by atoms with van der Waals surface area (Å²) in [6.07, 6.45) is 0.446. The van der Waals surface area contributed by atoms with Crippen LogP contribution in [0.2, 0.25) is 0 Å². The maximum atomic E-state index is 12.1. The Balaban J connectivity index is 1.95. The first-order valence-corrected chi connectivity index (χ1v) is 6.12. The molecule has 0 aromatic heterocycles. The van der Waals surface area contributed by atoms with Crippen LogP contribution in [0, 0.1) is 0 Å². The van der Waals surface area contributed by atoms with E-state index in [1.165, 1.54) is 24.3 Å². The van der Waals surface area contributed by atoms with Crippen molar-refractivity contribution in [2.45, 2.75) is 18.6 Å². The molecule has 1 aliphatic rings. The average Bonchev–Trinajstić information content (AvgIpc) is 2.83. The summed E-state index contributed by atoms with van der Waals surface area (Å²) in [6.45, 7) is -2.28. The SMILES string of the molecule is O=C(NCC1(O)CCOC1)c1cccc(OC(F)F)c1. The predicted octanol–water partition coefficient (Wildman–Crippen LogP) is 1.17. The molecule has 110 valence electrons. The van der Waals surface area contributed by atoms with Gasteiger partial charge in [0.1, 0.15) is 11.4 Å². The monoisotopic (exact) mass is 287 g/mol. The predicted molar refractivity (Wildman–Crippen MR) is 65.8 cm³/mol. The largest absolute Gasteiger partial charge is 0.435 e. The molecule has 0 spiro atoms. The molecule has 7 heteroatoms. The topological polar surface area (TPSA) is 67.8 Å². The third kappa shape index (κ3) is 3.88. The third-order valence-electron chi connectivity index (χ3n) is 2.98. The van der Waals surface area contributed by atoms with E-state index >= 15 is 0 Å². The molecule has 1 fully saturated rings. The van der Waals surface area contributed by atoms with Crippen molar-refractivity contribution in [3.8, 4) is 5.75 Å². The Morgan fingerprint density at radius 2 is 2.35 bits per heavy atom. The second kappa shape index (κ2) is 6.15. The van der Waals surface area contributed by atoms with Crippen molar-refractivity contribution < 1.29 is 28.2 Å². The highest BCUT2D eigenvalue weighted by atomic mass is 19.3. The van der Waals surface area contributed by atoms with Crippen LogP contribution in [0.1, 0.15) is 16.8 Å². The molecule has 0 aliphatic carbocycles. The Bertz CT molecular complexity index is 475. The first kappa shape index (κ1) is 14.7. The minimum atomic E-state index is -2.94. The third-order valence-corrected chi connectivity index (χ3v) is 2.98. The van der Waals surface area contributed by atoms with Gasteiger partial charge in [0.05, 0.1) is 6.61 Å². The Hall–Kier alpha value is -1.73. The number of carbonyl (C=O) groups is 1. The van der Waals surface area contributed by atoms with E-state index < -0.39 is 18.1 Å². The van der Waals surface area contributed by atoms with Gasteiger partial charge in [0, 0.05) is 25.1 Å². The number of ether oxygens (including phenoxy) is 2. The number of benzene rings is 1. The van der Waals surface area contributed by atoms with E-state index in [1.807, 2.05) is 0 Å². The number of amides is 1. The van der Waals surface area contributed by atoms with Crippen LogP contribution in [0.3, 0.4) is 0 Å². The number of halogens is 2. The first-order valence-electron chi connectivity index (χ1n) is 6.12. The zero-order valence-electron chi connectivity index (χ0n) is 10.6. The van der Waals surface area contributed by atoms with Crippen LogP contribution in [-0.4, -0.2) is 43.0 Å². The van der Waals surface area contributed by atoms with Gasteiger partial charge in [-0.05, 0) is 18.2 Å². The smallest absolute Gasteiger partial charge is 0.387 e. The molecule has 20 heavy (non-hydrogen) atoms. The molecule has 1 heterocycles. The number of hydrogen-bond acceptors (Lipinski definition) is 4. The maximum absolute atomic E-state index is 12.1. The van der Waals surface area contributed by atoms with Crippen molar-refractivity contribution in [2.24, 2.45) is 0 Å². The molecule has 0 bridgehead atoms. The van der Waals surface area contributed by atoms with Gasteiger partial charge >= 0.3 is 6.61 Å². The Labute approximate surface area is 114 Å². The van der Waals surface area contributed by atoms with Crippen LogP contribution >= 0.6 is 0 Å². The van der Waals surface area contributed by atoms with Crippen molar-refractivity contribution in [1.29, 1.82) is 0 Å². The van der Waals surface area contributed by atoms with Crippen LogP contribution in [0.4, 0.5) is 8.78 Å². The lowest BCUT2D eigenvalue weighted by molar-refractivity contribution is -0.0498. The van der Waals surface area contributed by atoms with Crippen molar-refractivity contribution in [3.63, 3.8) is 0 Å². The number of alkyl halides is 2. The normalized spacial score (nSPS) is 22.0. The summed E-state index contributed by atoms with van der Waals surface area (Å²) in [7, 11) is 0. The zero-order chi connectivity index (χ0) is 14.6. The fraction of sp³-hybridized carbons (Fsp3) is 0.462. The Morgan fingerprint density at radius 1 is 1.55 bits per heavy atom. The zero-order valence-corrected chi connectivity index (χ0v) is 10.6. The van der Waals surface area contributed by atoms with E-state index in [9.17, 15) is 18.7 Å². The molecule has 0 radical (unpaired) electrons. The van der Waals surface area contributed by atoms with Crippen LogP contribution in [0.15, 0.2) is 24.3 Å². The van der Waals surface area contributed by atoms with Crippen LogP contribution < -0.4 is 10.1 Å². The quantitative estimate of drug-likeness (QED) is 0.853. The molecular formula is C13H15F2NO4. The summed E-state index contributed by atoms with van der Waals surface area (Å²) in [4.78, 5) is 11.9. The summed E-state index contributed by atoms with van der Waals surface area (Å²) in [6, 6.07) is 5.47. The van der Waals surface area contributed by atoms with Crippen LogP contribution in [0.25, 0.3) is 0 Å². The van der Waals surface area contributed by atoms with E-state index in [4.69, 9.17) is 4.74 Å². The highest BCUT2D eigenvalue weighted by Gasteiger charge is 2.32. The minimum Gasteiger partial charge on any atom is -0.435 e.